The Hall–Kier alpha value is -0.900. The van der Waals surface area contributed by atoms with Crippen molar-refractivity contribution in [3.05, 3.63) is 11.6 Å². The quantitative estimate of drug-likeness (QED) is 0.857. The minimum absolute atomic E-state index is 0.302. The molecule has 2 heterocycles. The molecule has 0 radical (unpaired) electrons. The number of aryl methyl sites for hydroxylation is 1. The molecule has 2 rings (SSSR count). The number of rotatable bonds is 6. The second-order valence-electron chi connectivity index (χ2n) is 5.72. The van der Waals surface area contributed by atoms with Crippen LogP contribution in [0, 0.1) is 0 Å². The molecule has 0 aromatic carbocycles. The zero-order valence-electron chi connectivity index (χ0n) is 12.7. The summed E-state index contributed by atoms with van der Waals surface area (Å²) in [6, 6.07) is 0.898. The molecule has 0 saturated heterocycles. The summed E-state index contributed by atoms with van der Waals surface area (Å²) in [5, 5.41) is 12.5. The molecule has 4 nitrogen and oxygen atoms in total. The first-order valence-electron chi connectivity index (χ1n) is 7.94. The molecule has 0 amide bonds. The molecule has 19 heavy (non-hydrogen) atoms. The minimum atomic E-state index is 0.302. The Morgan fingerprint density at radius 2 is 2.05 bits per heavy atom. The highest BCUT2D eigenvalue weighted by atomic mass is 15.3. The Morgan fingerprint density at radius 3 is 2.79 bits per heavy atom. The summed E-state index contributed by atoms with van der Waals surface area (Å²) >= 11 is 0. The number of hydrogen-bond donors (Lipinski definition) is 1. The second kappa shape index (κ2) is 7.04. The van der Waals surface area contributed by atoms with Crippen LogP contribution >= 0.6 is 0 Å². The van der Waals surface area contributed by atoms with Crippen LogP contribution in [-0.2, 0) is 13.0 Å². The molecular formula is C15H28N4. The van der Waals surface area contributed by atoms with E-state index < -0.39 is 0 Å². The van der Waals surface area contributed by atoms with Crippen molar-refractivity contribution in [2.75, 3.05) is 0 Å². The third-order valence-electron chi connectivity index (χ3n) is 4.14. The van der Waals surface area contributed by atoms with Crippen LogP contribution in [-0.4, -0.2) is 20.8 Å². The van der Waals surface area contributed by atoms with Crippen molar-refractivity contribution in [2.24, 2.45) is 0 Å². The lowest BCUT2D eigenvalue weighted by Gasteiger charge is -2.22. The Morgan fingerprint density at radius 1 is 1.21 bits per heavy atom. The fraction of sp³-hybridized carbons (Fsp3) is 0.867. The Labute approximate surface area is 117 Å². The maximum Gasteiger partial charge on any atom is 0.149 e. The van der Waals surface area contributed by atoms with E-state index in [1.165, 1.54) is 44.3 Å². The summed E-state index contributed by atoms with van der Waals surface area (Å²) in [5.41, 5.74) is 0. The summed E-state index contributed by atoms with van der Waals surface area (Å²) in [4.78, 5) is 0. The summed E-state index contributed by atoms with van der Waals surface area (Å²) in [6.07, 6.45) is 8.57. The van der Waals surface area contributed by atoms with Crippen LogP contribution in [0.25, 0.3) is 0 Å². The lowest BCUT2D eigenvalue weighted by Crippen LogP contribution is -2.32. The SMILES string of the molecule is CCCC(CC)NC(C)c1nnc2n1CCCCC2. The molecule has 1 N–H and O–H groups in total. The number of nitrogens with one attached hydrogen (secondary N) is 1. The first kappa shape index (κ1) is 14.5. The van der Waals surface area contributed by atoms with Gasteiger partial charge >= 0.3 is 0 Å². The van der Waals surface area contributed by atoms with Crippen molar-refractivity contribution >= 4 is 0 Å². The number of hydrogen-bond acceptors (Lipinski definition) is 3. The van der Waals surface area contributed by atoms with Crippen molar-refractivity contribution in [2.45, 2.75) is 84.3 Å². The van der Waals surface area contributed by atoms with Gasteiger partial charge in [0.2, 0.25) is 0 Å². The standard InChI is InChI=1S/C15H28N4/c1-4-9-13(5-2)16-12(3)15-18-17-14-10-7-6-8-11-19(14)15/h12-13,16H,4-11H2,1-3H3. The molecule has 0 saturated carbocycles. The van der Waals surface area contributed by atoms with E-state index in [2.05, 4.69) is 40.9 Å². The van der Waals surface area contributed by atoms with Gasteiger partial charge in [-0.05, 0) is 32.6 Å². The maximum absolute atomic E-state index is 4.44. The van der Waals surface area contributed by atoms with E-state index >= 15 is 0 Å². The van der Waals surface area contributed by atoms with Crippen molar-refractivity contribution < 1.29 is 0 Å². The van der Waals surface area contributed by atoms with Gasteiger partial charge in [0.05, 0.1) is 6.04 Å². The van der Waals surface area contributed by atoms with Gasteiger partial charge in [-0.1, -0.05) is 26.7 Å². The fourth-order valence-corrected chi connectivity index (χ4v) is 3.01. The average Bonchev–Trinajstić information content (AvgIpc) is 2.67. The molecule has 0 spiro atoms. The zero-order valence-corrected chi connectivity index (χ0v) is 12.7. The Balaban J connectivity index is 2.06. The van der Waals surface area contributed by atoms with E-state index in [-0.39, 0.29) is 0 Å². The zero-order chi connectivity index (χ0) is 13.7. The van der Waals surface area contributed by atoms with Crippen LogP contribution < -0.4 is 5.32 Å². The normalized spacial score (nSPS) is 18.7. The van der Waals surface area contributed by atoms with Crippen molar-refractivity contribution in [1.29, 1.82) is 0 Å². The van der Waals surface area contributed by atoms with Gasteiger partial charge in [0.25, 0.3) is 0 Å². The van der Waals surface area contributed by atoms with Gasteiger partial charge in [0, 0.05) is 19.0 Å². The van der Waals surface area contributed by atoms with Crippen LogP contribution in [0.3, 0.4) is 0 Å². The first-order valence-corrected chi connectivity index (χ1v) is 7.94. The smallest absolute Gasteiger partial charge is 0.149 e. The topological polar surface area (TPSA) is 42.7 Å². The van der Waals surface area contributed by atoms with Crippen LogP contribution in [0.1, 0.15) is 77.0 Å². The van der Waals surface area contributed by atoms with Gasteiger partial charge in [-0.3, -0.25) is 0 Å². The van der Waals surface area contributed by atoms with Gasteiger partial charge in [-0.15, -0.1) is 10.2 Å². The van der Waals surface area contributed by atoms with E-state index in [1.54, 1.807) is 0 Å². The summed E-state index contributed by atoms with van der Waals surface area (Å²) in [7, 11) is 0. The Kier molecular flexibility index (Phi) is 5.37. The largest absolute Gasteiger partial charge is 0.314 e. The predicted molar refractivity (Wildman–Crippen MR) is 78.1 cm³/mol. The molecule has 1 aliphatic rings. The van der Waals surface area contributed by atoms with Crippen LogP contribution in [0.4, 0.5) is 0 Å². The molecule has 0 bridgehead atoms. The summed E-state index contributed by atoms with van der Waals surface area (Å²) in [6.45, 7) is 7.82. The van der Waals surface area contributed by atoms with Gasteiger partial charge in [-0.2, -0.15) is 0 Å². The van der Waals surface area contributed by atoms with E-state index in [1.807, 2.05) is 0 Å². The number of aromatic nitrogens is 3. The number of fused-ring (bicyclic) bond motifs is 1. The third kappa shape index (κ3) is 3.56. The van der Waals surface area contributed by atoms with E-state index in [4.69, 9.17) is 0 Å². The summed E-state index contributed by atoms with van der Waals surface area (Å²) in [5.74, 6) is 2.32. The van der Waals surface area contributed by atoms with E-state index in [9.17, 15) is 0 Å². The molecule has 108 valence electrons. The minimum Gasteiger partial charge on any atom is -0.314 e. The van der Waals surface area contributed by atoms with Crippen molar-refractivity contribution in [3.8, 4) is 0 Å². The van der Waals surface area contributed by atoms with Gasteiger partial charge in [0.1, 0.15) is 11.6 Å². The highest BCUT2D eigenvalue weighted by Gasteiger charge is 2.20. The second-order valence-corrected chi connectivity index (χ2v) is 5.72. The Bertz CT molecular complexity index is 385. The fourth-order valence-electron chi connectivity index (χ4n) is 3.01. The molecule has 1 aliphatic heterocycles. The lowest BCUT2D eigenvalue weighted by atomic mass is 10.1. The third-order valence-corrected chi connectivity index (χ3v) is 4.14. The molecule has 1 aromatic heterocycles. The van der Waals surface area contributed by atoms with E-state index in [0.29, 0.717) is 12.1 Å². The highest BCUT2D eigenvalue weighted by Crippen LogP contribution is 2.19. The van der Waals surface area contributed by atoms with Crippen LogP contribution in [0.5, 0.6) is 0 Å². The molecule has 0 fully saturated rings. The van der Waals surface area contributed by atoms with E-state index in [0.717, 1.165) is 18.8 Å². The average molecular weight is 264 g/mol. The molecule has 2 atom stereocenters. The number of nitrogens with zero attached hydrogens (tertiary/aromatic N) is 3. The van der Waals surface area contributed by atoms with Gasteiger partial charge in [0.15, 0.2) is 0 Å². The molecule has 0 aliphatic carbocycles. The first-order chi connectivity index (χ1) is 9.26. The highest BCUT2D eigenvalue weighted by molar-refractivity contribution is 5.02. The molecule has 2 unspecified atom stereocenters. The molecular weight excluding hydrogens is 236 g/mol. The van der Waals surface area contributed by atoms with Gasteiger partial charge in [-0.25, -0.2) is 0 Å². The molecule has 4 heteroatoms. The van der Waals surface area contributed by atoms with Gasteiger partial charge < -0.3 is 9.88 Å². The van der Waals surface area contributed by atoms with Crippen LogP contribution in [0.2, 0.25) is 0 Å². The monoisotopic (exact) mass is 264 g/mol. The maximum atomic E-state index is 4.44. The molecule has 1 aromatic rings. The lowest BCUT2D eigenvalue weighted by molar-refractivity contribution is 0.396. The van der Waals surface area contributed by atoms with Crippen molar-refractivity contribution in [1.82, 2.24) is 20.1 Å². The summed E-state index contributed by atoms with van der Waals surface area (Å²) < 4.78 is 2.35. The van der Waals surface area contributed by atoms with Crippen LogP contribution in [0.15, 0.2) is 0 Å². The van der Waals surface area contributed by atoms with Crippen molar-refractivity contribution in [3.63, 3.8) is 0 Å². The predicted octanol–water partition coefficient (Wildman–Crippen LogP) is 3.23.